The zero-order chi connectivity index (χ0) is 14.7. The molecule has 1 aromatic rings. The molecule has 1 aromatic carbocycles. The Kier molecular flexibility index (Phi) is 5.13. The average Bonchev–Trinajstić information content (AvgIpc) is 2.86. The van der Waals surface area contributed by atoms with Crippen molar-refractivity contribution in [3.8, 4) is 0 Å². The molecule has 1 aliphatic rings. The van der Waals surface area contributed by atoms with Gasteiger partial charge in [-0.25, -0.2) is 0 Å². The Morgan fingerprint density at radius 3 is 2.45 bits per heavy atom. The number of benzene rings is 1. The van der Waals surface area contributed by atoms with Crippen molar-refractivity contribution in [2.45, 2.75) is 44.8 Å². The summed E-state index contributed by atoms with van der Waals surface area (Å²) in [6.45, 7) is 1.73. The van der Waals surface area contributed by atoms with Crippen LogP contribution in [0, 0.1) is 0 Å². The number of halogens is 2. The molecule has 1 saturated carbocycles. The summed E-state index contributed by atoms with van der Waals surface area (Å²) in [6, 6.07) is 3.09. The van der Waals surface area contributed by atoms with E-state index in [1.54, 1.807) is 19.1 Å². The maximum Gasteiger partial charge on any atom is 0.253 e. The van der Waals surface area contributed by atoms with Gasteiger partial charge in [0.25, 0.3) is 5.91 Å². The molecule has 0 heterocycles. The first kappa shape index (κ1) is 15.4. The Morgan fingerprint density at radius 2 is 1.90 bits per heavy atom. The van der Waals surface area contributed by atoms with Gasteiger partial charge in [-0.3, -0.25) is 4.79 Å². The first-order chi connectivity index (χ1) is 9.47. The van der Waals surface area contributed by atoms with Gasteiger partial charge in [-0.2, -0.15) is 0 Å². The molecule has 20 heavy (non-hydrogen) atoms. The number of nitrogen functional groups attached to an aromatic ring is 1. The summed E-state index contributed by atoms with van der Waals surface area (Å²) < 4.78 is 5.73. The minimum atomic E-state index is -0.539. The van der Waals surface area contributed by atoms with Gasteiger partial charge in [0.1, 0.15) is 6.10 Å². The van der Waals surface area contributed by atoms with Crippen LogP contribution in [0.2, 0.25) is 10.0 Å². The second kappa shape index (κ2) is 6.66. The molecule has 0 spiro atoms. The summed E-state index contributed by atoms with van der Waals surface area (Å²) >= 11 is 12.1. The van der Waals surface area contributed by atoms with Crippen LogP contribution in [-0.4, -0.2) is 18.1 Å². The van der Waals surface area contributed by atoms with Crippen LogP contribution in [0.3, 0.4) is 0 Å². The molecule has 1 unspecified atom stereocenters. The Hall–Kier alpha value is -0.970. The lowest BCUT2D eigenvalue weighted by molar-refractivity contribution is -0.129. The molecule has 0 bridgehead atoms. The fourth-order valence-corrected chi connectivity index (χ4v) is 2.91. The molecular formula is C14H18Cl2N2O2. The highest BCUT2D eigenvalue weighted by molar-refractivity contribution is 6.40. The zero-order valence-corrected chi connectivity index (χ0v) is 12.8. The standard InChI is InChI=1S/C14H18Cl2N2O2/c1-8(20-10-4-2-3-5-10)14(19)18-13-11(15)6-9(17)7-12(13)16/h6-8,10H,2-5,17H2,1H3,(H,18,19). The summed E-state index contributed by atoms with van der Waals surface area (Å²) in [7, 11) is 0. The molecular weight excluding hydrogens is 299 g/mol. The van der Waals surface area contributed by atoms with Gasteiger partial charge in [0, 0.05) is 5.69 Å². The lowest BCUT2D eigenvalue weighted by Crippen LogP contribution is -2.31. The maximum atomic E-state index is 12.1. The first-order valence-electron chi connectivity index (χ1n) is 6.68. The zero-order valence-electron chi connectivity index (χ0n) is 11.3. The van der Waals surface area contributed by atoms with E-state index < -0.39 is 6.10 Å². The van der Waals surface area contributed by atoms with E-state index in [1.165, 1.54) is 0 Å². The van der Waals surface area contributed by atoms with Crippen LogP contribution >= 0.6 is 23.2 Å². The topological polar surface area (TPSA) is 64.3 Å². The number of hydrogen-bond acceptors (Lipinski definition) is 3. The van der Waals surface area contributed by atoms with Crippen molar-refractivity contribution in [3.63, 3.8) is 0 Å². The molecule has 0 aromatic heterocycles. The van der Waals surface area contributed by atoms with Crippen LogP contribution < -0.4 is 11.1 Å². The number of nitrogens with one attached hydrogen (secondary N) is 1. The van der Waals surface area contributed by atoms with Gasteiger partial charge >= 0.3 is 0 Å². The molecule has 0 saturated heterocycles. The Balaban J connectivity index is 2.00. The molecule has 3 N–H and O–H groups in total. The third kappa shape index (κ3) is 3.78. The number of amides is 1. The van der Waals surface area contributed by atoms with E-state index in [0.717, 1.165) is 25.7 Å². The highest BCUT2D eigenvalue weighted by Crippen LogP contribution is 2.33. The summed E-state index contributed by atoms with van der Waals surface area (Å²) in [4.78, 5) is 12.1. The summed E-state index contributed by atoms with van der Waals surface area (Å²) in [5.41, 5.74) is 6.44. The third-order valence-corrected chi connectivity index (χ3v) is 3.98. The SMILES string of the molecule is CC(OC1CCCC1)C(=O)Nc1c(Cl)cc(N)cc1Cl. The largest absolute Gasteiger partial charge is 0.399 e. The predicted molar refractivity (Wildman–Crippen MR) is 82.3 cm³/mol. The lowest BCUT2D eigenvalue weighted by atomic mass is 10.2. The minimum Gasteiger partial charge on any atom is -0.399 e. The van der Waals surface area contributed by atoms with Crippen LogP contribution in [0.5, 0.6) is 0 Å². The third-order valence-electron chi connectivity index (χ3n) is 3.38. The van der Waals surface area contributed by atoms with Crippen molar-refractivity contribution < 1.29 is 9.53 Å². The van der Waals surface area contributed by atoms with Crippen LogP contribution in [0.4, 0.5) is 11.4 Å². The molecule has 6 heteroatoms. The van der Waals surface area contributed by atoms with Gasteiger partial charge in [0.15, 0.2) is 0 Å². The number of carbonyl (C=O) groups is 1. The number of anilines is 2. The van der Waals surface area contributed by atoms with Gasteiger partial charge in [0.05, 0.1) is 21.8 Å². The summed E-state index contributed by atoms with van der Waals surface area (Å²) in [6.07, 6.45) is 3.99. The molecule has 0 aliphatic heterocycles. The smallest absolute Gasteiger partial charge is 0.253 e. The normalized spacial score (nSPS) is 17.1. The molecule has 110 valence electrons. The molecule has 2 rings (SSSR count). The van der Waals surface area contributed by atoms with Gasteiger partial charge < -0.3 is 15.8 Å². The van der Waals surface area contributed by atoms with Crippen LogP contribution in [0.1, 0.15) is 32.6 Å². The van der Waals surface area contributed by atoms with Crippen LogP contribution in [0.25, 0.3) is 0 Å². The molecule has 4 nitrogen and oxygen atoms in total. The van der Waals surface area contributed by atoms with Crippen molar-refractivity contribution in [2.75, 3.05) is 11.1 Å². The predicted octanol–water partition coefficient (Wildman–Crippen LogP) is 3.86. The van der Waals surface area contributed by atoms with E-state index in [9.17, 15) is 4.79 Å². The van der Waals surface area contributed by atoms with Crippen LogP contribution in [0.15, 0.2) is 12.1 Å². The van der Waals surface area contributed by atoms with Crippen molar-refractivity contribution in [1.29, 1.82) is 0 Å². The summed E-state index contributed by atoms with van der Waals surface area (Å²) in [5.74, 6) is -0.259. The number of carbonyl (C=O) groups excluding carboxylic acids is 1. The number of rotatable bonds is 4. The van der Waals surface area contributed by atoms with Crippen molar-refractivity contribution in [3.05, 3.63) is 22.2 Å². The van der Waals surface area contributed by atoms with Gasteiger partial charge in [-0.1, -0.05) is 36.0 Å². The van der Waals surface area contributed by atoms with Gasteiger partial charge in [0.2, 0.25) is 0 Å². The molecule has 1 atom stereocenters. The fourth-order valence-electron chi connectivity index (χ4n) is 2.31. The van der Waals surface area contributed by atoms with E-state index >= 15 is 0 Å². The van der Waals surface area contributed by atoms with Gasteiger partial charge in [-0.05, 0) is 31.9 Å². The Morgan fingerprint density at radius 1 is 1.35 bits per heavy atom. The van der Waals surface area contributed by atoms with Crippen molar-refractivity contribution in [2.24, 2.45) is 0 Å². The number of hydrogen-bond donors (Lipinski definition) is 2. The monoisotopic (exact) mass is 316 g/mol. The number of ether oxygens (including phenoxy) is 1. The fraction of sp³-hybridized carbons (Fsp3) is 0.500. The minimum absolute atomic E-state index is 0.174. The highest BCUT2D eigenvalue weighted by atomic mass is 35.5. The highest BCUT2D eigenvalue weighted by Gasteiger charge is 2.23. The second-order valence-electron chi connectivity index (χ2n) is 5.03. The Bertz CT molecular complexity index is 479. The van der Waals surface area contributed by atoms with E-state index in [2.05, 4.69) is 5.32 Å². The molecule has 1 aliphatic carbocycles. The molecule has 0 radical (unpaired) electrons. The lowest BCUT2D eigenvalue weighted by Gasteiger charge is -2.19. The van der Waals surface area contributed by atoms with E-state index in [-0.39, 0.29) is 12.0 Å². The quantitative estimate of drug-likeness (QED) is 0.829. The number of nitrogens with two attached hydrogens (primary N) is 1. The summed E-state index contributed by atoms with van der Waals surface area (Å²) in [5, 5.41) is 3.33. The van der Waals surface area contributed by atoms with Crippen LogP contribution in [-0.2, 0) is 9.53 Å². The first-order valence-corrected chi connectivity index (χ1v) is 7.44. The molecule has 1 fully saturated rings. The van der Waals surface area contributed by atoms with Crippen molar-refractivity contribution >= 4 is 40.5 Å². The average molecular weight is 317 g/mol. The molecule has 1 amide bonds. The Labute approximate surface area is 128 Å². The second-order valence-corrected chi connectivity index (χ2v) is 5.85. The van der Waals surface area contributed by atoms with E-state index in [1.807, 2.05) is 0 Å². The van der Waals surface area contributed by atoms with Gasteiger partial charge in [-0.15, -0.1) is 0 Å². The van der Waals surface area contributed by atoms with E-state index in [0.29, 0.717) is 21.4 Å². The van der Waals surface area contributed by atoms with E-state index in [4.69, 9.17) is 33.7 Å². The van der Waals surface area contributed by atoms with Crippen molar-refractivity contribution in [1.82, 2.24) is 0 Å². The maximum absolute atomic E-state index is 12.1.